The van der Waals surface area contributed by atoms with Gasteiger partial charge in [0.25, 0.3) is 0 Å². The molecule has 1 aliphatic rings. The van der Waals surface area contributed by atoms with E-state index in [1.54, 1.807) is 0 Å². The summed E-state index contributed by atoms with van der Waals surface area (Å²) in [7, 11) is 0. The van der Waals surface area contributed by atoms with Gasteiger partial charge in [0, 0.05) is 25.4 Å². The molecule has 1 saturated heterocycles. The van der Waals surface area contributed by atoms with Crippen LogP contribution in [0.2, 0.25) is 0 Å². The Morgan fingerprint density at radius 2 is 1.88 bits per heavy atom. The Morgan fingerprint density at radius 3 is 2.56 bits per heavy atom. The minimum Gasteiger partial charge on any atom is -0.391 e. The maximum atomic E-state index is 12.3. The van der Waals surface area contributed by atoms with Gasteiger partial charge in [-0.2, -0.15) is 13.2 Å². The van der Waals surface area contributed by atoms with Crippen molar-refractivity contribution in [2.75, 3.05) is 13.1 Å². The molecule has 1 heterocycles. The summed E-state index contributed by atoms with van der Waals surface area (Å²) in [5.74, 6) is -0.662. The summed E-state index contributed by atoms with van der Waals surface area (Å²) >= 11 is 0. The van der Waals surface area contributed by atoms with Crippen molar-refractivity contribution in [3.63, 3.8) is 0 Å². The molecule has 134 valence electrons. The van der Waals surface area contributed by atoms with E-state index >= 15 is 0 Å². The van der Waals surface area contributed by atoms with Crippen LogP contribution < -0.4 is 0 Å². The van der Waals surface area contributed by atoms with Crippen LogP contribution in [0.3, 0.4) is 0 Å². The van der Waals surface area contributed by atoms with Crippen molar-refractivity contribution >= 4 is 16.7 Å². The average Bonchev–Trinajstić information content (AvgIpc) is 2.58. The van der Waals surface area contributed by atoms with E-state index in [2.05, 4.69) is 0 Å². The van der Waals surface area contributed by atoms with Crippen molar-refractivity contribution in [2.45, 2.75) is 37.5 Å². The Hall–Kier alpha value is -2.08. The lowest BCUT2D eigenvalue weighted by molar-refractivity contribution is -0.150. The van der Waals surface area contributed by atoms with E-state index in [-0.39, 0.29) is 12.5 Å². The number of rotatable bonds is 3. The van der Waals surface area contributed by atoms with Gasteiger partial charge in [0.1, 0.15) is 0 Å². The molecule has 1 amide bonds. The van der Waals surface area contributed by atoms with E-state index in [4.69, 9.17) is 0 Å². The van der Waals surface area contributed by atoms with E-state index in [1.165, 1.54) is 4.90 Å². The Morgan fingerprint density at radius 1 is 1.16 bits per heavy atom. The van der Waals surface area contributed by atoms with E-state index in [0.717, 1.165) is 16.3 Å². The highest BCUT2D eigenvalue weighted by molar-refractivity contribution is 5.83. The van der Waals surface area contributed by atoms with Crippen LogP contribution >= 0.6 is 0 Å². The first-order valence-electron chi connectivity index (χ1n) is 8.35. The predicted molar refractivity (Wildman–Crippen MR) is 89.2 cm³/mol. The van der Waals surface area contributed by atoms with Gasteiger partial charge in [-0.05, 0) is 22.8 Å². The zero-order valence-electron chi connectivity index (χ0n) is 13.7. The molecule has 3 rings (SSSR count). The zero-order chi connectivity index (χ0) is 18.0. The van der Waals surface area contributed by atoms with Gasteiger partial charge in [-0.3, -0.25) is 4.79 Å². The average molecular weight is 351 g/mol. The first kappa shape index (κ1) is 17.7. The van der Waals surface area contributed by atoms with Gasteiger partial charge in [0.2, 0.25) is 5.91 Å². The number of piperidine rings is 1. The molecule has 0 saturated carbocycles. The molecule has 1 N–H and O–H groups in total. The zero-order valence-corrected chi connectivity index (χ0v) is 13.7. The number of alkyl halides is 3. The van der Waals surface area contributed by atoms with Crippen molar-refractivity contribution in [1.82, 2.24) is 4.90 Å². The number of β-amino-alcohol motifs (C(OH)–C–C–N with tert-alkyl or cyclic N) is 1. The standard InChI is InChI=1S/C19H20F3NO2/c20-19(21,22)9-7-18(25)23-10-8-16(17(24)12-23)15-6-5-13-3-1-2-4-14(13)11-15/h1-6,11,16-17,24H,7-10,12H2/t16-,17+/m0/s1. The largest absolute Gasteiger partial charge is 0.391 e. The number of benzene rings is 2. The topological polar surface area (TPSA) is 40.5 Å². The second kappa shape index (κ2) is 7.04. The highest BCUT2D eigenvalue weighted by Gasteiger charge is 2.33. The number of hydrogen-bond donors (Lipinski definition) is 1. The van der Waals surface area contributed by atoms with Crippen molar-refractivity contribution in [2.24, 2.45) is 0 Å². The van der Waals surface area contributed by atoms with Crippen LogP contribution in [0.15, 0.2) is 42.5 Å². The molecule has 0 bridgehead atoms. The van der Waals surface area contributed by atoms with Gasteiger partial charge >= 0.3 is 6.18 Å². The van der Waals surface area contributed by atoms with E-state index in [0.29, 0.717) is 13.0 Å². The molecule has 0 unspecified atom stereocenters. The lowest BCUT2D eigenvalue weighted by Gasteiger charge is -2.36. The number of carbonyl (C=O) groups is 1. The number of carbonyl (C=O) groups excluding carboxylic acids is 1. The Kier molecular flexibility index (Phi) is 4.99. The third kappa shape index (κ3) is 4.31. The van der Waals surface area contributed by atoms with E-state index in [9.17, 15) is 23.1 Å². The molecule has 6 heteroatoms. The molecule has 0 spiro atoms. The molecule has 2 aromatic rings. The number of halogens is 3. The minimum atomic E-state index is -4.34. The number of likely N-dealkylation sites (tertiary alicyclic amines) is 1. The van der Waals surface area contributed by atoms with Crippen LogP contribution in [-0.4, -0.2) is 41.3 Å². The molecule has 3 nitrogen and oxygen atoms in total. The van der Waals surface area contributed by atoms with Gasteiger partial charge in [-0.1, -0.05) is 42.5 Å². The number of nitrogens with zero attached hydrogens (tertiary/aromatic N) is 1. The molecule has 0 aromatic heterocycles. The minimum absolute atomic E-state index is 0.0776. The van der Waals surface area contributed by atoms with Gasteiger partial charge in [0.15, 0.2) is 0 Å². The van der Waals surface area contributed by atoms with Gasteiger partial charge < -0.3 is 10.0 Å². The molecule has 1 fully saturated rings. The number of amides is 1. The molecule has 25 heavy (non-hydrogen) atoms. The third-order valence-electron chi connectivity index (χ3n) is 4.76. The normalized spacial score (nSPS) is 21.5. The summed E-state index contributed by atoms with van der Waals surface area (Å²) in [6, 6.07) is 13.9. The molecule has 0 aliphatic carbocycles. The van der Waals surface area contributed by atoms with Crippen LogP contribution in [-0.2, 0) is 4.79 Å². The van der Waals surface area contributed by atoms with Crippen LogP contribution in [0, 0.1) is 0 Å². The number of fused-ring (bicyclic) bond motifs is 1. The van der Waals surface area contributed by atoms with Gasteiger partial charge in [-0.15, -0.1) is 0 Å². The van der Waals surface area contributed by atoms with Crippen LogP contribution in [0.5, 0.6) is 0 Å². The molecule has 2 aromatic carbocycles. The first-order valence-corrected chi connectivity index (χ1v) is 8.35. The monoisotopic (exact) mass is 351 g/mol. The second-order valence-corrected chi connectivity index (χ2v) is 6.52. The van der Waals surface area contributed by atoms with Gasteiger partial charge in [0.05, 0.1) is 12.5 Å². The highest BCUT2D eigenvalue weighted by Crippen LogP contribution is 2.31. The molecule has 2 atom stereocenters. The summed E-state index contributed by atoms with van der Waals surface area (Å²) in [6.45, 7) is 0.444. The predicted octanol–water partition coefficient (Wildman–Crippen LogP) is 3.86. The number of aliphatic hydroxyl groups excluding tert-OH is 1. The van der Waals surface area contributed by atoms with Gasteiger partial charge in [-0.25, -0.2) is 0 Å². The SMILES string of the molecule is O=C(CCC(F)(F)F)N1CC[C@@H](c2ccc3ccccc3c2)[C@H](O)C1. The lowest BCUT2D eigenvalue weighted by atomic mass is 9.86. The summed E-state index contributed by atoms with van der Waals surface area (Å²) in [6.07, 6.45) is -6.25. The van der Waals surface area contributed by atoms with Crippen LogP contribution in [0.25, 0.3) is 10.8 Å². The Bertz CT molecular complexity index is 760. The Labute approximate surface area is 144 Å². The van der Waals surface area contributed by atoms with Crippen molar-refractivity contribution in [3.05, 3.63) is 48.0 Å². The fourth-order valence-electron chi connectivity index (χ4n) is 3.39. The third-order valence-corrected chi connectivity index (χ3v) is 4.76. The van der Waals surface area contributed by atoms with Crippen LogP contribution in [0.1, 0.15) is 30.7 Å². The highest BCUT2D eigenvalue weighted by atomic mass is 19.4. The van der Waals surface area contributed by atoms with Crippen molar-refractivity contribution in [1.29, 1.82) is 0 Å². The van der Waals surface area contributed by atoms with E-state index in [1.807, 2.05) is 42.5 Å². The Balaban J connectivity index is 1.65. The summed E-state index contributed by atoms with van der Waals surface area (Å²) < 4.78 is 36.8. The second-order valence-electron chi connectivity index (χ2n) is 6.52. The van der Waals surface area contributed by atoms with Crippen molar-refractivity contribution in [3.8, 4) is 0 Å². The van der Waals surface area contributed by atoms with E-state index < -0.39 is 31.0 Å². The van der Waals surface area contributed by atoms with Crippen LogP contribution in [0.4, 0.5) is 13.2 Å². The number of aliphatic hydroxyl groups is 1. The smallest absolute Gasteiger partial charge is 0.389 e. The molecule has 0 radical (unpaired) electrons. The lowest BCUT2D eigenvalue weighted by Crippen LogP contribution is -2.45. The quantitative estimate of drug-likeness (QED) is 0.912. The first-order chi connectivity index (χ1) is 11.8. The van der Waals surface area contributed by atoms with Crippen molar-refractivity contribution < 1.29 is 23.1 Å². The fourth-order valence-corrected chi connectivity index (χ4v) is 3.39. The number of hydrogen-bond acceptors (Lipinski definition) is 2. The summed E-state index contributed by atoms with van der Waals surface area (Å²) in [5.41, 5.74) is 0.994. The summed E-state index contributed by atoms with van der Waals surface area (Å²) in [5, 5.41) is 12.6. The molecule has 1 aliphatic heterocycles. The molecular formula is C19H20F3NO2. The molecular weight excluding hydrogens is 331 g/mol. The maximum Gasteiger partial charge on any atom is 0.389 e. The maximum absolute atomic E-state index is 12.3. The fraction of sp³-hybridized carbons (Fsp3) is 0.421. The summed E-state index contributed by atoms with van der Waals surface area (Å²) in [4.78, 5) is 13.3.